The van der Waals surface area contributed by atoms with E-state index in [2.05, 4.69) is 47.9 Å². The molecule has 2 heteroatoms. The molecule has 0 amide bonds. The molecule has 2 aromatic rings. The average molecular weight is 319 g/mol. The number of rotatable bonds is 4. The molecule has 2 nitrogen and oxygen atoms in total. The first-order valence-corrected chi connectivity index (χ1v) is 8.79. The van der Waals surface area contributed by atoms with Gasteiger partial charge in [0.1, 0.15) is 5.75 Å². The van der Waals surface area contributed by atoms with Gasteiger partial charge in [-0.15, -0.1) is 0 Å². The maximum Gasteiger partial charge on any atom is 0.118 e. The van der Waals surface area contributed by atoms with Crippen LogP contribution >= 0.6 is 0 Å². The van der Waals surface area contributed by atoms with Crippen LogP contribution in [0.5, 0.6) is 5.75 Å². The van der Waals surface area contributed by atoms with Crippen LogP contribution in [0.3, 0.4) is 0 Å². The van der Waals surface area contributed by atoms with E-state index >= 15 is 0 Å². The van der Waals surface area contributed by atoms with E-state index in [9.17, 15) is 0 Å². The van der Waals surface area contributed by atoms with Crippen LogP contribution in [-0.2, 0) is 6.42 Å². The fourth-order valence-corrected chi connectivity index (χ4v) is 3.22. The van der Waals surface area contributed by atoms with Gasteiger partial charge >= 0.3 is 0 Å². The van der Waals surface area contributed by atoms with Crippen molar-refractivity contribution < 1.29 is 4.74 Å². The van der Waals surface area contributed by atoms with E-state index in [0.717, 1.165) is 30.8 Å². The maximum atomic E-state index is 5.22. The van der Waals surface area contributed by atoms with E-state index in [1.165, 1.54) is 24.0 Å². The molecular weight excluding hydrogens is 294 g/mol. The minimum atomic E-state index is 0.198. The molecule has 0 saturated carbocycles. The molecule has 0 radical (unpaired) electrons. The molecule has 1 aliphatic heterocycles. The van der Waals surface area contributed by atoms with Crippen molar-refractivity contribution in [3.05, 3.63) is 65.2 Å². The van der Waals surface area contributed by atoms with Crippen molar-refractivity contribution in [1.82, 2.24) is 4.90 Å². The van der Waals surface area contributed by atoms with Crippen LogP contribution in [0.2, 0.25) is 0 Å². The Balaban J connectivity index is 1.87. The van der Waals surface area contributed by atoms with Gasteiger partial charge in [0, 0.05) is 12.1 Å². The van der Waals surface area contributed by atoms with Crippen molar-refractivity contribution in [2.75, 3.05) is 20.2 Å². The van der Waals surface area contributed by atoms with Crippen LogP contribution in [0.15, 0.2) is 48.5 Å². The first kappa shape index (κ1) is 16.6. The zero-order valence-electron chi connectivity index (χ0n) is 14.6. The molecule has 0 fully saturated rings. The number of nitrogens with zero attached hydrogens (tertiary/aromatic N) is 1. The summed E-state index contributed by atoms with van der Waals surface area (Å²) in [4.78, 5) is 2.53. The topological polar surface area (TPSA) is 12.5 Å². The van der Waals surface area contributed by atoms with Crippen molar-refractivity contribution in [3.63, 3.8) is 0 Å². The van der Waals surface area contributed by atoms with E-state index < -0.39 is 0 Å². The average Bonchev–Trinajstić information content (AvgIpc) is 2.65. The van der Waals surface area contributed by atoms with Crippen LogP contribution in [0.1, 0.15) is 42.5 Å². The Kier molecular flexibility index (Phi) is 5.56. The molecule has 3 rings (SSSR count). The lowest BCUT2D eigenvalue weighted by Gasteiger charge is -2.34. The Morgan fingerprint density at radius 1 is 1.12 bits per heavy atom. The third-order valence-electron chi connectivity index (χ3n) is 4.63. The molecule has 0 aromatic heterocycles. The largest absolute Gasteiger partial charge is 0.497 e. The lowest BCUT2D eigenvalue weighted by molar-refractivity contribution is 0.222. The molecule has 1 atom stereocenters. The summed E-state index contributed by atoms with van der Waals surface area (Å²) >= 11 is 0. The summed E-state index contributed by atoms with van der Waals surface area (Å²) in [5.74, 6) is 7.76. The first-order valence-electron chi connectivity index (χ1n) is 8.79. The van der Waals surface area contributed by atoms with Gasteiger partial charge in [-0.25, -0.2) is 0 Å². The normalized spacial score (nSPS) is 16.8. The van der Waals surface area contributed by atoms with Crippen molar-refractivity contribution in [2.45, 2.75) is 32.2 Å². The summed E-state index contributed by atoms with van der Waals surface area (Å²) in [5.41, 5.74) is 3.86. The molecule has 0 bridgehead atoms. The summed E-state index contributed by atoms with van der Waals surface area (Å²) in [6.45, 7) is 4.46. The van der Waals surface area contributed by atoms with Crippen molar-refractivity contribution in [1.29, 1.82) is 0 Å². The van der Waals surface area contributed by atoms with Crippen LogP contribution in [0.25, 0.3) is 0 Å². The molecule has 2 aromatic carbocycles. The molecule has 1 heterocycles. The van der Waals surface area contributed by atoms with E-state index in [1.807, 2.05) is 24.3 Å². The fraction of sp³-hybridized carbons (Fsp3) is 0.364. The summed E-state index contributed by atoms with van der Waals surface area (Å²) < 4.78 is 5.22. The summed E-state index contributed by atoms with van der Waals surface area (Å²) in [6, 6.07) is 16.9. The van der Waals surface area contributed by atoms with Gasteiger partial charge in [0.2, 0.25) is 0 Å². The quantitative estimate of drug-likeness (QED) is 0.772. The minimum Gasteiger partial charge on any atom is -0.497 e. The van der Waals surface area contributed by atoms with Crippen molar-refractivity contribution in [3.8, 4) is 17.6 Å². The standard InChI is InChI=1S/C22H25NO/c1-3-4-16-23-17-15-19-7-5-6-8-21(19)22(23)14-11-18-9-12-20(24-2)13-10-18/h5-10,12-13,22H,3-4,15-17H2,1-2H3. The van der Waals surface area contributed by atoms with Crippen LogP contribution in [0, 0.1) is 11.8 Å². The molecule has 24 heavy (non-hydrogen) atoms. The Bertz CT molecular complexity index is 724. The molecule has 0 aliphatic carbocycles. The van der Waals surface area contributed by atoms with Crippen LogP contribution in [-0.4, -0.2) is 25.1 Å². The second kappa shape index (κ2) is 8.04. The highest BCUT2D eigenvalue weighted by atomic mass is 16.5. The zero-order valence-corrected chi connectivity index (χ0v) is 14.6. The van der Waals surface area contributed by atoms with Gasteiger partial charge in [-0.05, 0) is 54.8 Å². The van der Waals surface area contributed by atoms with Gasteiger partial charge < -0.3 is 4.74 Å². The number of hydrogen-bond acceptors (Lipinski definition) is 2. The van der Waals surface area contributed by atoms with E-state index in [-0.39, 0.29) is 6.04 Å². The molecule has 0 spiro atoms. The van der Waals surface area contributed by atoms with Gasteiger partial charge in [0.15, 0.2) is 0 Å². The monoisotopic (exact) mass is 319 g/mol. The summed E-state index contributed by atoms with van der Waals surface area (Å²) in [5, 5.41) is 0. The number of ether oxygens (including phenoxy) is 1. The van der Waals surface area contributed by atoms with Crippen molar-refractivity contribution >= 4 is 0 Å². The minimum absolute atomic E-state index is 0.198. The Morgan fingerprint density at radius 2 is 1.92 bits per heavy atom. The molecule has 0 saturated heterocycles. The van der Waals surface area contributed by atoms with Crippen molar-refractivity contribution in [2.24, 2.45) is 0 Å². The smallest absolute Gasteiger partial charge is 0.118 e. The highest BCUT2D eigenvalue weighted by Crippen LogP contribution is 2.29. The predicted octanol–water partition coefficient (Wildman–Crippen LogP) is 4.45. The number of hydrogen-bond donors (Lipinski definition) is 0. The number of fused-ring (bicyclic) bond motifs is 1. The van der Waals surface area contributed by atoms with Gasteiger partial charge in [0.25, 0.3) is 0 Å². The van der Waals surface area contributed by atoms with Gasteiger partial charge in [-0.3, -0.25) is 4.90 Å². The lowest BCUT2D eigenvalue weighted by Crippen LogP contribution is -2.35. The molecular formula is C22H25NO. The number of methoxy groups -OCH3 is 1. The van der Waals surface area contributed by atoms with Gasteiger partial charge in [-0.1, -0.05) is 49.5 Å². The van der Waals surface area contributed by atoms with Gasteiger partial charge in [0.05, 0.1) is 13.2 Å². The third-order valence-corrected chi connectivity index (χ3v) is 4.63. The predicted molar refractivity (Wildman–Crippen MR) is 99.2 cm³/mol. The Hall–Kier alpha value is -2.24. The van der Waals surface area contributed by atoms with E-state index in [1.54, 1.807) is 7.11 Å². The first-order chi connectivity index (χ1) is 11.8. The Morgan fingerprint density at radius 3 is 2.67 bits per heavy atom. The fourth-order valence-electron chi connectivity index (χ4n) is 3.22. The third kappa shape index (κ3) is 3.80. The number of benzene rings is 2. The summed E-state index contributed by atoms with van der Waals surface area (Å²) in [7, 11) is 1.69. The SMILES string of the molecule is CCCCN1CCc2ccccc2C1C#Cc1ccc(OC)cc1. The maximum absolute atomic E-state index is 5.22. The Labute approximate surface area is 145 Å². The highest BCUT2D eigenvalue weighted by Gasteiger charge is 2.24. The van der Waals surface area contributed by atoms with E-state index in [4.69, 9.17) is 4.74 Å². The zero-order chi connectivity index (χ0) is 16.8. The molecule has 1 unspecified atom stereocenters. The summed E-state index contributed by atoms with van der Waals surface area (Å²) in [6.07, 6.45) is 3.57. The molecule has 1 aliphatic rings. The van der Waals surface area contributed by atoms with Gasteiger partial charge in [-0.2, -0.15) is 0 Å². The molecule has 0 N–H and O–H groups in total. The van der Waals surface area contributed by atoms with E-state index in [0.29, 0.717) is 0 Å². The highest BCUT2D eigenvalue weighted by molar-refractivity contribution is 5.43. The number of unbranched alkanes of at least 4 members (excludes halogenated alkanes) is 1. The second-order valence-corrected chi connectivity index (χ2v) is 6.24. The van der Waals surface area contributed by atoms with Crippen LogP contribution in [0.4, 0.5) is 0 Å². The second-order valence-electron chi connectivity index (χ2n) is 6.24. The molecule has 124 valence electrons. The van der Waals surface area contributed by atoms with Crippen LogP contribution < -0.4 is 4.74 Å². The lowest BCUT2D eigenvalue weighted by atomic mass is 9.92.